The van der Waals surface area contributed by atoms with Crippen LogP contribution >= 0.6 is 0 Å². The quantitative estimate of drug-likeness (QED) is 0.0160. The minimum atomic E-state index is -1.66. The number of carboxylic acids is 2. The van der Waals surface area contributed by atoms with Crippen LogP contribution in [0.1, 0.15) is 216 Å². The molecule has 0 aromatic heterocycles. The highest BCUT2D eigenvalue weighted by Gasteiger charge is 2.46. The lowest BCUT2D eigenvalue weighted by atomic mass is 9.71. The fourth-order valence-corrected chi connectivity index (χ4v) is 15.3. The number of Topliss-reactive ketones (excluding diaryl/α,β-unsaturated/α-hetero) is 4. The number of ketones is 4. The second-order valence-corrected chi connectivity index (χ2v) is 37.1. The van der Waals surface area contributed by atoms with Gasteiger partial charge in [0.1, 0.15) is 25.4 Å². The van der Waals surface area contributed by atoms with E-state index < -0.39 is 192 Å². The highest BCUT2D eigenvalue weighted by Crippen LogP contribution is 2.45. The molecule has 2 heterocycles. The molecule has 138 heavy (non-hydrogen) atoms. The Morgan fingerprint density at radius 1 is 0.319 bits per heavy atom. The zero-order valence-electron chi connectivity index (χ0n) is 82.2. The van der Waals surface area contributed by atoms with Gasteiger partial charge in [-0.1, -0.05) is 270 Å². The van der Waals surface area contributed by atoms with Crippen molar-refractivity contribution in [2.24, 2.45) is 21.7 Å². The number of rotatable bonds is 42. The van der Waals surface area contributed by atoms with E-state index in [2.05, 4.69) is 9.47 Å². The molecule has 0 spiro atoms. The third-order valence-corrected chi connectivity index (χ3v) is 23.2. The first-order chi connectivity index (χ1) is 64.5. The average Bonchev–Trinajstić information content (AvgIpc) is 1.13. The van der Waals surface area contributed by atoms with Crippen LogP contribution < -0.4 is 0 Å². The highest BCUT2D eigenvalue weighted by molar-refractivity contribution is 6.04. The lowest BCUT2D eigenvalue weighted by Gasteiger charge is -2.36. The molecule has 0 fully saturated rings. The molecule has 0 saturated heterocycles. The average molecular weight is 1910 g/mol. The van der Waals surface area contributed by atoms with Crippen LogP contribution in [0.25, 0.3) is 0 Å². The summed E-state index contributed by atoms with van der Waals surface area (Å²) in [6.45, 7) is 36.9. The number of carbonyl (C=O) groups is 14. The van der Waals surface area contributed by atoms with Crippen LogP contribution in [0.2, 0.25) is 0 Å². The number of aliphatic hydroxyl groups excluding tert-OH is 6. The van der Waals surface area contributed by atoms with Crippen LogP contribution in [0.4, 0.5) is 0 Å². The van der Waals surface area contributed by atoms with Gasteiger partial charge in [0.15, 0.2) is 71.3 Å². The molecule has 30 heteroatoms. The zero-order valence-corrected chi connectivity index (χ0v) is 82.2. The Morgan fingerprint density at radius 3 is 0.717 bits per heavy atom. The van der Waals surface area contributed by atoms with Crippen LogP contribution in [0.5, 0.6) is 0 Å². The molecule has 8 N–H and O–H groups in total. The molecule has 6 rings (SSSR count). The van der Waals surface area contributed by atoms with Crippen molar-refractivity contribution in [2.75, 3.05) is 13.2 Å². The Balaban J connectivity index is 0.000000513. The van der Waals surface area contributed by atoms with Gasteiger partial charge in [-0.15, -0.1) is 0 Å². The van der Waals surface area contributed by atoms with E-state index in [1.54, 1.807) is 27.7 Å². The summed E-state index contributed by atoms with van der Waals surface area (Å²) in [6, 6.07) is 0. The Bertz CT molecular complexity index is 5160. The Kier molecular flexibility index (Phi) is 44.2. The largest absolute Gasteiger partial charge is 0.505 e. The number of aliphatic carboxylic acids is 2. The van der Waals surface area contributed by atoms with Gasteiger partial charge in [-0.2, -0.15) is 0 Å². The number of carbonyl (C=O) groups excluding carboxylic acids is 12. The van der Waals surface area contributed by atoms with Crippen molar-refractivity contribution in [1.82, 2.24) is 0 Å². The molecule has 744 valence electrons. The normalized spacial score (nSPS) is 22.2. The van der Waals surface area contributed by atoms with Gasteiger partial charge >= 0.3 is 59.7 Å². The molecule has 2 aliphatic heterocycles. The van der Waals surface area contributed by atoms with E-state index in [1.807, 2.05) is 281 Å². The van der Waals surface area contributed by atoms with Crippen molar-refractivity contribution < 1.29 is 146 Å². The molecule has 4 aliphatic carbocycles. The van der Waals surface area contributed by atoms with E-state index in [0.717, 1.165) is 66.9 Å². The number of aliphatic hydroxyl groups is 6. The fourth-order valence-electron chi connectivity index (χ4n) is 15.3. The molecule has 8 atom stereocenters. The van der Waals surface area contributed by atoms with Crippen molar-refractivity contribution in [3.63, 3.8) is 0 Å². The van der Waals surface area contributed by atoms with E-state index in [0.29, 0.717) is 35.1 Å². The van der Waals surface area contributed by atoms with E-state index >= 15 is 0 Å². The van der Waals surface area contributed by atoms with Gasteiger partial charge in [-0.3, -0.25) is 57.5 Å². The maximum absolute atomic E-state index is 13.3. The van der Waals surface area contributed by atoms with E-state index in [9.17, 15) is 97.8 Å². The topological polar surface area (TPSA) is 475 Å². The first-order valence-corrected chi connectivity index (χ1v) is 45.2. The van der Waals surface area contributed by atoms with Gasteiger partial charge in [0.2, 0.25) is 11.5 Å². The molecule has 30 nitrogen and oxygen atoms in total. The second kappa shape index (κ2) is 53.1. The summed E-state index contributed by atoms with van der Waals surface area (Å²) < 4.78 is 40.7. The van der Waals surface area contributed by atoms with Crippen LogP contribution in [-0.2, 0) is 105 Å². The van der Waals surface area contributed by atoms with E-state index in [-0.39, 0.29) is 61.7 Å². The third-order valence-electron chi connectivity index (χ3n) is 23.2. The number of hydrogen-bond acceptors (Lipinski definition) is 28. The molecule has 0 amide bonds. The molecule has 0 radical (unpaired) electrons. The number of carboxylic acid groups (broad SMARTS) is 2. The summed E-state index contributed by atoms with van der Waals surface area (Å²) in [5, 5.41) is 75.9. The minimum absolute atomic E-state index is 0.212. The third kappa shape index (κ3) is 36.4. The molecule has 0 saturated carbocycles. The Hall–Kier alpha value is -13.7. The molecule has 4 unspecified atom stereocenters. The summed E-state index contributed by atoms with van der Waals surface area (Å²) in [6.07, 6.45) is 42.3. The number of esters is 8. The SMILES string of the molecule is CC1=C(/C=C/C(C)=C/C=C/C(C)=C/C=C/C=C(C)/C=C/C=C(C)/C=C/C2=C(C)C(=O)C(OC(=O)CCC(=O)O)CC2(C)C)C(C)(C)CC(OC(=O)CCC(=O)O)C1=O.CC1=C(/C=C/C(C)=C/C=C/C(C)=C/C=C/C=C(C)/C=C/C=C(C)/C=C/C2=C(C)C(=O)C(OC(=O)CCC(=O)OC[C@H](O)[C@H]3OC(=O)C(O)=C3O)CC2(C)C)C(C)(C)CC(OC(=O)CCC(=O)OC[C@H](O)[C@H]2OC(=O)C(O)=C2O)C1=O. The first-order valence-electron chi connectivity index (χ1n) is 45.2. The Morgan fingerprint density at radius 2 is 0.514 bits per heavy atom. The monoisotopic (exact) mass is 1910 g/mol. The van der Waals surface area contributed by atoms with Crippen LogP contribution in [0.3, 0.4) is 0 Å². The fraction of sp³-hybridized carbons (Fsp3) is 0.426. The number of allylic oxidation sites excluding steroid dienone is 40. The zero-order chi connectivity index (χ0) is 104. The van der Waals surface area contributed by atoms with Crippen molar-refractivity contribution in [3.05, 3.63) is 282 Å². The van der Waals surface area contributed by atoms with Gasteiger partial charge in [0, 0.05) is 25.7 Å². The summed E-state index contributed by atoms with van der Waals surface area (Å²) in [5.41, 5.74) is 11.3. The lowest BCUT2D eigenvalue weighted by molar-refractivity contribution is -0.160. The number of cyclic esters (lactones) is 2. The highest BCUT2D eigenvalue weighted by atomic mass is 16.6. The van der Waals surface area contributed by atoms with Crippen LogP contribution in [-0.4, -0.2) is 186 Å². The second-order valence-electron chi connectivity index (χ2n) is 37.1. The predicted molar refractivity (Wildman–Crippen MR) is 516 cm³/mol. The van der Waals surface area contributed by atoms with Crippen molar-refractivity contribution in [1.29, 1.82) is 0 Å². The van der Waals surface area contributed by atoms with Gasteiger partial charge in [-0.25, -0.2) is 9.59 Å². The van der Waals surface area contributed by atoms with E-state index in [4.69, 9.17) is 38.6 Å². The Labute approximate surface area is 806 Å². The van der Waals surface area contributed by atoms with Crippen molar-refractivity contribution in [2.45, 2.75) is 264 Å². The summed E-state index contributed by atoms with van der Waals surface area (Å²) in [4.78, 5) is 171. The lowest BCUT2D eigenvalue weighted by Crippen LogP contribution is -2.39. The van der Waals surface area contributed by atoms with E-state index in [1.165, 1.54) is 0 Å². The molecule has 0 bridgehead atoms. The van der Waals surface area contributed by atoms with Crippen LogP contribution in [0.15, 0.2) is 282 Å². The standard InChI is InChI=1S/C60H72O20.C48H60O10/c1-33(17-13-19-35(3)21-23-39-37(5)49(67)43(29-59(39,7)8)77-47(65)27-25-45(63)75-31-41(61)55-51(69)53(71)57(73)79-55)15-11-12-16-34(2)18-14-20-36(4)22-24-40-38(6)50(68)44(30-60(40,9)10)78-48(66)28-26-46(64)76-32-42(62)56-52(70)54(72)58(74)80-56;1-31(17-13-19-33(3)21-23-37-35(5)45(55)39(29-47(37,7)8)57-43(53)27-25-41(49)50)15-11-12-16-32(2)18-14-20-34(4)22-24-38-36(6)46(56)40(30-48(38,9)10)58-44(54)28-26-42(51)52/h11-24,41-44,55-56,61-62,69-72H,25-32H2,1-10H3;11-24,39-40H,25-30H2,1-10H3,(H,49,50)(H,51,52)/b12-11+,17-13+,18-14+,23-21+,24-22+,33-15+,34-16+,35-19+,36-20+;12-11+,17-13+,18-14+,23-21+,24-22+,31-15+,32-16+,33-19+,34-20+/t41-,42-,43?,44?,55+,56+;/m0./s1. The van der Waals surface area contributed by atoms with Crippen molar-refractivity contribution >= 4 is 82.8 Å². The summed E-state index contributed by atoms with van der Waals surface area (Å²) in [7, 11) is 0. The molecule has 0 aromatic rings. The first kappa shape index (κ1) is 115. The van der Waals surface area contributed by atoms with Gasteiger partial charge in [0.05, 0.1) is 51.4 Å². The van der Waals surface area contributed by atoms with Gasteiger partial charge in [-0.05, 0) is 149 Å². The van der Waals surface area contributed by atoms with Crippen molar-refractivity contribution in [3.8, 4) is 0 Å². The summed E-state index contributed by atoms with van der Waals surface area (Å²) in [5.74, 6) is -14.5. The molecular weight excluding hydrogens is 1780 g/mol. The van der Waals surface area contributed by atoms with Gasteiger partial charge < -0.3 is 78.7 Å². The summed E-state index contributed by atoms with van der Waals surface area (Å²) >= 11 is 0. The number of hydrogen-bond donors (Lipinski definition) is 8. The maximum atomic E-state index is 13.3. The minimum Gasteiger partial charge on any atom is -0.505 e. The van der Waals surface area contributed by atoms with Crippen LogP contribution in [0, 0.1) is 21.7 Å². The molecule has 6 aliphatic rings. The van der Waals surface area contributed by atoms with Gasteiger partial charge in [0.25, 0.3) is 0 Å². The molecule has 0 aromatic carbocycles. The smallest absolute Gasteiger partial charge is 0.377 e. The number of ether oxygens (including phenoxy) is 8. The maximum Gasteiger partial charge on any atom is 0.377 e. The predicted octanol–water partition coefficient (Wildman–Crippen LogP) is 17.6. The molecular formula is C108H132O30.